The van der Waals surface area contributed by atoms with E-state index in [-0.39, 0.29) is 11.1 Å². The third-order valence-corrected chi connectivity index (χ3v) is 5.58. The van der Waals surface area contributed by atoms with Crippen LogP contribution in [0.3, 0.4) is 0 Å². The van der Waals surface area contributed by atoms with Crippen LogP contribution in [0.25, 0.3) is 11.0 Å². The lowest BCUT2D eigenvalue weighted by atomic mass is 10.1. The van der Waals surface area contributed by atoms with Crippen molar-refractivity contribution in [3.05, 3.63) is 93.7 Å². The first-order valence-electron chi connectivity index (χ1n) is 10.7. The second-order valence-corrected chi connectivity index (χ2v) is 7.94. The van der Waals surface area contributed by atoms with Gasteiger partial charge in [-0.25, -0.2) is 9.78 Å². The summed E-state index contributed by atoms with van der Waals surface area (Å²) >= 11 is 0. The number of nitrogens with zero attached hydrogens (tertiary/aromatic N) is 3. The van der Waals surface area contributed by atoms with Gasteiger partial charge in [0.1, 0.15) is 11.3 Å². The molecule has 0 unspecified atom stereocenters. The topological polar surface area (TPSA) is 103 Å². The van der Waals surface area contributed by atoms with Crippen LogP contribution in [0, 0.1) is 0 Å². The van der Waals surface area contributed by atoms with Crippen molar-refractivity contribution in [3.63, 3.8) is 0 Å². The molecule has 0 amide bonds. The lowest BCUT2D eigenvalue weighted by Crippen LogP contribution is -2.22. The number of carbonyl (C=O) groups is 1. The van der Waals surface area contributed by atoms with Gasteiger partial charge < -0.3 is 20.0 Å². The number of aromatic carboxylic acids is 1. The summed E-state index contributed by atoms with van der Waals surface area (Å²) in [5.74, 6) is -0.0923. The zero-order chi connectivity index (χ0) is 22.7. The second-order valence-electron chi connectivity index (χ2n) is 7.94. The van der Waals surface area contributed by atoms with Gasteiger partial charge in [-0.3, -0.25) is 4.79 Å². The number of anilines is 1. The van der Waals surface area contributed by atoms with Crippen LogP contribution in [0.2, 0.25) is 0 Å². The van der Waals surface area contributed by atoms with Crippen molar-refractivity contribution in [1.82, 2.24) is 14.1 Å². The van der Waals surface area contributed by atoms with Crippen molar-refractivity contribution in [2.45, 2.75) is 39.3 Å². The standard InChI is InChI=1S/C25H26N4O3/c1-2-3-4-22-27-21-13-14-28(15-17-7-11-20(26)12-8-17)24(30)23(21)29(22)16-18-5-9-19(10-6-18)25(31)32/h5-14H,2-4,15-16,26H2,1H3,(H,31,32). The van der Waals surface area contributed by atoms with E-state index in [9.17, 15) is 9.59 Å². The number of pyridine rings is 1. The predicted molar refractivity (Wildman–Crippen MR) is 125 cm³/mol. The molecule has 0 atom stereocenters. The van der Waals surface area contributed by atoms with E-state index in [1.807, 2.05) is 34.9 Å². The van der Waals surface area contributed by atoms with Gasteiger partial charge in [0, 0.05) is 24.8 Å². The predicted octanol–water partition coefficient (Wildman–Crippen LogP) is 3.92. The number of nitrogen functional groups attached to an aromatic ring is 1. The minimum atomic E-state index is -0.959. The maximum absolute atomic E-state index is 13.4. The summed E-state index contributed by atoms with van der Waals surface area (Å²) < 4.78 is 3.66. The van der Waals surface area contributed by atoms with Crippen molar-refractivity contribution in [2.24, 2.45) is 0 Å². The molecule has 7 heteroatoms. The SMILES string of the molecule is CCCCc1nc2ccn(Cc3ccc(N)cc3)c(=O)c2n1Cc1ccc(C(=O)O)cc1. The van der Waals surface area contributed by atoms with Crippen LogP contribution in [0.1, 0.15) is 47.1 Å². The zero-order valence-electron chi connectivity index (χ0n) is 18.0. The number of fused-ring (bicyclic) bond motifs is 1. The number of hydrogen-bond acceptors (Lipinski definition) is 4. The number of aromatic nitrogens is 3. The minimum absolute atomic E-state index is 0.100. The first-order valence-corrected chi connectivity index (χ1v) is 10.7. The molecule has 0 saturated heterocycles. The van der Waals surface area contributed by atoms with Crippen molar-refractivity contribution >= 4 is 22.7 Å². The number of imidazole rings is 1. The number of benzene rings is 2. The average Bonchev–Trinajstić information content (AvgIpc) is 3.14. The number of nitrogens with two attached hydrogens (primary N) is 1. The first-order chi connectivity index (χ1) is 15.5. The Kier molecular flexibility index (Phi) is 6.07. The molecule has 3 N–H and O–H groups in total. The number of carboxylic acids is 1. The fourth-order valence-corrected chi connectivity index (χ4v) is 3.80. The number of unbranched alkanes of at least 4 members (excludes halogenated alkanes) is 1. The van der Waals surface area contributed by atoms with E-state index in [0.717, 1.165) is 36.2 Å². The molecule has 7 nitrogen and oxygen atoms in total. The summed E-state index contributed by atoms with van der Waals surface area (Å²) in [4.78, 5) is 29.4. The normalized spacial score (nSPS) is 11.2. The van der Waals surface area contributed by atoms with Gasteiger partial charge in [0.15, 0.2) is 0 Å². The number of aryl methyl sites for hydroxylation is 1. The van der Waals surface area contributed by atoms with Gasteiger partial charge in [0.2, 0.25) is 0 Å². The molecule has 4 rings (SSSR count). The van der Waals surface area contributed by atoms with Crippen molar-refractivity contribution in [1.29, 1.82) is 0 Å². The van der Waals surface area contributed by atoms with Gasteiger partial charge in [-0.2, -0.15) is 0 Å². The molecule has 0 fully saturated rings. The van der Waals surface area contributed by atoms with E-state index in [2.05, 4.69) is 6.92 Å². The largest absolute Gasteiger partial charge is 0.478 e. The Morgan fingerprint density at radius 2 is 1.66 bits per heavy atom. The van der Waals surface area contributed by atoms with Crippen molar-refractivity contribution in [2.75, 3.05) is 5.73 Å². The summed E-state index contributed by atoms with van der Waals surface area (Å²) in [5.41, 5.74) is 9.74. The molecular weight excluding hydrogens is 404 g/mol. The molecule has 32 heavy (non-hydrogen) atoms. The molecular formula is C25H26N4O3. The fourth-order valence-electron chi connectivity index (χ4n) is 3.80. The van der Waals surface area contributed by atoms with Gasteiger partial charge in [-0.1, -0.05) is 37.6 Å². The molecule has 0 aliphatic heterocycles. The lowest BCUT2D eigenvalue weighted by molar-refractivity contribution is 0.0697. The van der Waals surface area contributed by atoms with Crippen LogP contribution in [-0.2, 0) is 19.5 Å². The molecule has 2 aromatic heterocycles. The molecule has 2 aromatic carbocycles. The highest BCUT2D eigenvalue weighted by Crippen LogP contribution is 2.18. The maximum atomic E-state index is 13.4. The van der Waals surface area contributed by atoms with Crippen LogP contribution < -0.4 is 11.3 Å². The highest BCUT2D eigenvalue weighted by Gasteiger charge is 2.16. The van der Waals surface area contributed by atoms with Gasteiger partial charge >= 0.3 is 5.97 Å². The van der Waals surface area contributed by atoms with Crippen LogP contribution in [0.4, 0.5) is 5.69 Å². The Bertz CT molecular complexity index is 1300. The Hall–Kier alpha value is -3.87. The highest BCUT2D eigenvalue weighted by atomic mass is 16.4. The van der Waals surface area contributed by atoms with E-state index in [4.69, 9.17) is 15.8 Å². The van der Waals surface area contributed by atoms with Gasteiger partial charge in [0.25, 0.3) is 5.56 Å². The van der Waals surface area contributed by atoms with Gasteiger partial charge in [-0.05, 0) is 47.9 Å². The Balaban J connectivity index is 1.76. The maximum Gasteiger partial charge on any atom is 0.335 e. The summed E-state index contributed by atoms with van der Waals surface area (Å²) in [6.07, 6.45) is 4.55. The van der Waals surface area contributed by atoms with E-state index < -0.39 is 5.97 Å². The van der Waals surface area contributed by atoms with E-state index in [1.54, 1.807) is 35.0 Å². The Morgan fingerprint density at radius 3 is 2.31 bits per heavy atom. The Morgan fingerprint density at radius 1 is 1.00 bits per heavy atom. The molecule has 0 aliphatic carbocycles. The molecule has 2 heterocycles. The lowest BCUT2D eigenvalue weighted by Gasteiger charge is -2.11. The Labute approximate surface area is 185 Å². The molecule has 4 aromatic rings. The molecule has 164 valence electrons. The third-order valence-electron chi connectivity index (χ3n) is 5.58. The third kappa shape index (κ3) is 4.42. The average molecular weight is 431 g/mol. The number of hydrogen-bond donors (Lipinski definition) is 2. The van der Waals surface area contributed by atoms with Crippen LogP contribution in [-0.4, -0.2) is 25.2 Å². The summed E-state index contributed by atoms with van der Waals surface area (Å²) in [7, 11) is 0. The first kappa shape index (κ1) is 21.4. The number of rotatable bonds is 8. The minimum Gasteiger partial charge on any atom is -0.478 e. The summed E-state index contributed by atoms with van der Waals surface area (Å²) in [5, 5.41) is 9.15. The van der Waals surface area contributed by atoms with Crippen LogP contribution in [0.15, 0.2) is 65.6 Å². The second kappa shape index (κ2) is 9.09. The number of carboxylic acid groups (broad SMARTS) is 1. The summed E-state index contributed by atoms with van der Waals surface area (Å²) in [6, 6.07) is 16.1. The molecule has 0 bridgehead atoms. The van der Waals surface area contributed by atoms with E-state index in [1.165, 1.54) is 0 Å². The molecule has 0 aliphatic rings. The van der Waals surface area contributed by atoms with Crippen LogP contribution >= 0.6 is 0 Å². The highest BCUT2D eigenvalue weighted by molar-refractivity contribution is 5.87. The van der Waals surface area contributed by atoms with Crippen LogP contribution in [0.5, 0.6) is 0 Å². The monoisotopic (exact) mass is 430 g/mol. The quantitative estimate of drug-likeness (QED) is 0.413. The molecule has 0 spiro atoms. The molecule has 0 saturated carbocycles. The van der Waals surface area contributed by atoms with Crippen molar-refractivity contribution < 1.29 is 9.90 Å². The van der Waals surface area contributed by atoms with Gasteiger partial charge in [0.05, 0.1) is 17.6 Å². The smallest absolute Gasteiger partial charge is 0.335 e. The van der Waals surface area contributed by atoms with Gasteiger partial charge in [-0.15, -0.1) is 0 Å². The molecule has 0 radical (unpaired) electrons. The van der Waals surface area contributed by atoms with Crippen molar-refractivity contribution in [3.8, 4) is 0 Å². The van der Waals surface area contributed by atoms with E-state index >= 15 is 0 Å². The zero-order valence-corrected chi connectivity index (χ0v) is 18.0. The van der Waals surface area contributed by atoms with E-state index in [0.29, 0.717) is 29.8 Å². The summed E-state index contributed by atoms with van der Waals surface area (Å²) in [6.45, 7) is 3.02. The fraction of sp³-hybridized carbons (Fsp3) is 0.240.